The highest BCUT2D eigenvalue weighted by Gasteiger charge is 2.31. The molecule has 3 rings (SSSR count). The third kappa shape index (κ3) is 3.21. The average molecular weight is 302 g/mol. The number of piperazine rings is 1. The van der Waals surface area contributed by atoms with Gasteiger partial charge in [0.1, 0.15) is 5.75 Å². The summed E-state index contributed by atoms with van der Waals surface area (Å²) in [7, 11) is 0. The van der Waals surface area contributed by atoms with Gasteiger partial charge in [-0.3, -0.25) is 4.79 Å². The largest absolute Gasteiger partial charge is 0.489 e. The molecule has 4 heteroatoms. The summed E-state index contributed by atoms with van der Waals surface area (Å²) in [5, 5.41) is 0. The Morgan fingerprint density at radius 3 is 2.41 bits per heavy atom. The Morgan fingerprint density at radius 1 is 1.14 bits per heavy atom. The molecule has 1 saturated carbocycles. The highest BCUT2D eigenvalue weighted by Crippen LogP contribution is 2.31. The lowest BCUT2D eigenvalue weighted by molar-refractivity contribution is -0.138. The van der Waals surface area contributed by atoms with Crippen molar-refractivity contribution in [3.05, 3.63) is 24.3 Å². The van der Waals surface area contributed by atoms with E-state index in [4.69, 9.17) is 4.74 Å². The molecule has 1 aliphatic carbocycles. The van der Waals surface area contributed by atoms with Crippen LogP contribution in [0.15, 0.2) is 24.3 Å². The van der Waals surface area contributed by atoms with E-state index < -0.39 is 0 Å². The molecule has 0 aromatic heterocycles. The Kier molecular flexibility index (Phi) is 4.55. The van der Waals surface area contributed by atoms with Crippen molar-refractivity contribution in [3.8, 4) is 5.75 Å². The SMILES string of the molecule is CC(C)Oc1ccccc1N1CCN(C(=O)C2CCC2)CC1. The minimum Gasteiger partial charge on any atom is -0.489 e. The number of hydrogen-bond donors (Lipinski definition) is 0. The number of benzene rings is 1. The fourth-order valence-corrected chi connectivity index (χ4v) is 3.15. The quantitative estimate of drug-likeness (QED) is 0.857. The van der Waals surface area contributed by atoms with Crippen molar-refractivity contribution in [2.45, 2.75) is 39.2 Å². The fourth-order valence-electron chi connectivity index (χ4n) is 3.15. The maximum atomic E-state index is 12.3. The Labute approximate surface area is 133 Å². The van der Waals surface area contributed by atoms with Crippen molar-refractivity contribution < 1.29 is 9.53 Å². The first-order chi connectivity index (χ1) is 10.6. The molecule has 0 radical (unpaired) electrons. The lowest BCUT2D eigenvalue weighted by atomic mass is 9.84. The Morgan fingerprint density at radius 2 is 1.82 bits per heavy atom. The minimum atomic E-state index is 0.169. The van der Waals surface area contributed by atoms with Crippen LogP contribution in [0.3, 0.4) is 0 Å². The Bertz CT molecular complexity index is 518. The normalized spacial score (nSPS) is 19.2. The summed E-state index contributed by atoms with van der Waals surface area (Å²) in [6, 6.07) is 8.20. The van der Waals surface area contributed by atoms with Crippen LogP contribution in [0.5, 0.6) is 5.75 Å². The van der Waals surface area contributed by atoms with Gasteiger partial charge in [0, 0.05) is 32.1 Å². The molecule has 0 bridgehead atoms. The first kappa shape index (κ1) is 15.2. The summed E-state index contributed by atoms with van der Waals surface area (Å²) >= 11 is 0. The Hall–Kier alpha value is -1.71. The molecule has 0 N–H and O–H groups in total. The van der Waals surface area contributed by atoms with Crippen LogP contribution in [0.4, 0.5) is 5.69 Å². The molecule has 4 nitrogen and oxygen atoms in total. The van der Waals surface area contributed by atoms with Crippen molar-refractivity contribution in [2.75, 3.05) is 31.1 Å². The average Bonchev–Trinajstić information content (AvgIpc) is 2.45. The fraction of sp³-hybridized carbons (Fsp3) is 0.611. The van der Waals surface area contributed by atoms with E-state index in [9.17, 15) is 4.79 Å². The van der Waals surface area contributed by atoms with Crippen LogP contribution in [0.1, 0.15) is 33.1 Å². The van der Waals surface area contributed by atoms with Crippen LogP contribution in [-0.2, 0) is 4.79 Å². The minimum absolute atomic E-state index is 0.169. The van der Waals surface area contributed by atoms with E-state index in [-0.39, 0.29) is 6.10 Å². The molecule has 1 aromatic rings. The van der Waals surface area contributed by atoms with E-state index in [1.165, 1.54) is 6.42 Å². The van der Waals surface area contributed by atoms with E-state index in [0.717, 1.165) is 50.5 Å². The number of para-hydroxylation sites is 2. The molecular formula is C18H26N2O2. The van der Waals surface area contributed by atoms with Crippen molar-refractivity contribution in [2.24, 2.45) is 5.92 Å². The molecular weight excluding hydrogens is 276 g/mol. The van der Waals surface area contributed by atoms with Gasteiger partial charge in [-0.1, -0.05) is 18.6 Å². The topological polar surface area (TPSA) is 32.8 Å². The summed E-state index contributed by atoms with van der Waals surface area (Å²) in [5.41, 5.74) is 1.15. The van der Waals surface area contributed by atoms with Crippen molar-refractivity contribution in [1.82, 2.24) is 4.90 Å². The first-order valence-electron chi connectivity index (χ1n) is 8.44. The number of amides is 1. The number of carbonyl (C=O) groups is 1. The summed E-state index contributed by atoms with van der Waals surface area (Å²) < 4.78 is 5.92. The summed E-state index contributed by atoms with van der Waals surface area (Å²) in [6.07, 6.45) is 3.56. The molecule has 1 saturated heterocycles. The predicted octanol–water partition coefficient (Wildman–Crippen LogP) is 2.92. The number of anilines is 1. The monoisotopic (exact) mass is 302 g/mol. The van der Waals surface area contributed by atoms with Gasteiger partial charge in [-0.05, 0) is 38.8 Å². The summed E-state index contributed by atoms with van der Waals surface area (Å²) in [4.78, 5) is 16.7. The van der Waals surface area contributed by atoms with E-state index in [0.29, 0.717) is 11.8 Å². The number of hydrogen-bond acceptors (Lipinski definition) is 3. The molecule has 120 valence electrons. The number of ether oxygens (including phenoxy) is 1. The third-order valence-electron chi connectivity index (χ3n) is 4.61. The van der Waals surface area contributed by atoms with Crippen molar-refractivity contribution in [3.63, 3.8) is 0 Å². The maximum absolute atomic E-state index is 12.3. The molecule has 1 amide bonds. The van der Waals surface area contributed by atoms with Gasteiger partial charge >= 0.3 is 0 Å². The second-order valence-electron chi connectivity index (χ2n) is 6.57. The molecule has 2 aliphatic rings. The van der Waals surface area contributed by atoms with Crippen molar-refractivity contribution in [1.29, 1.82) is 0 Å². The predicted molar refractivity (Wildman–Crippen MR) is 88.3 cm³/mol. The van der Waals surface area contributed by atoms with Gasteiger partial charge in [0.15, 0.2) is 0 Å². The zero-order chi connectivity index (χ0) is 15.5. The molecule has 0 atom stereocenters. The Balaban J connectivity index is 1.62. The van der Waals surface area contributed by atoms with Crippen LogP contribution in [0.2, 0.25) is 0 Å². The van der Waals surface area contributed by atoms with Gasteiger partial charge in [0.25, 0.3) is 0 Å². The number of nitrogens with zero attached hydrogens (tertiary/aromatic N) is 2. The summed E-state index contributed by atoms with van der Waals surface area (Å²) in [6.45, 7) is 7.52. The van der Waals surface area contributed by atoms with Crippen LogP contribution >= 0.6 is 0 Å². The highest BCUT2D eigenvalue weighted by molar-refractivity contribution is 5.80. The van der Waals surface area contributed by atoms with Gasteiger partial charge < -0.3 is 14.5 Å². The van der Waals surface area contributed by atoms with Crippen LogP contribution in [0.25, 0.3) is 0 Å². The smallest absolute Gasteiger partial charge is 0.225 e. The second kappa shape index (κ2) is 6.59. The zero-order valence-electron chi connectivity index (χ0n) is 13.6. The molecule has 22 heavy (non-hydrogen) atoms. The lowest BCUT2D eigenvalue weighted by Gasteiger charge is -2.39. The summed E-state index contributed by atoms with van der Waals surface area (Å²) in [5.74, 6) is 1.62. The zero-order valence-corrected chi connectivity index (χ0v) is 13.6. The van der Waals surface area contributed by atoms with Crippen LogP contribution < -0.4 is 9.64 Å². The van der Waals surface area contributed by atoms with E-state index >= 15 is 0 Å². The van der Waals surface area contributed by atoms with Gasteiger partial charge in [0.2, 0.25) is 5.91 Å². The second-order valence-corrected chi connectivity index (χ2v) is 6.57. The first-order valence-corrected chi connectivity index (χ1v) is 8.44. The van der Waals surface area contributed by atoms with E-state index in [2.05, 4.69) is 17.0 Å². The molecule has 1 aliphatic heterocycles. The van der Waals surface area contributed by atoms with Crippen molar-refractivity contribution >= 4 is 11.6 Å². The highest BCUT2D eigenvalue weighted by atomic mass is 16.5. The van der Waals surface area contributed by atoms with E-state index in [1.807, 2.05) is 30.9 Å². The van der Waals surface area contributed by atoms with Gasteiger partial charge in [-0.2, -0.15) is 0 Å². The lowest BCUT2D eigenvalue weighted by Crippen LogP contribution is -2.51. The van der Waals surface area contributed by atoms with Gasteiger partial charge in [0.05, 0.1) is 11.8 Å². The standard InChI is InChI=1S/C18H26N2O2/c1-14(2)22-17-9-4-3-8-16(17)19-10-12-20(13-11-19)18(21)15-6-5-7-15/h3-4,8-9,14-15H,5-7,10-13H2,1-2H3. The number of rotatable bonds is 4. The van der Waals surface area contributed by atoms with Gasteiger partial charge in [-0.15, -0.1) is 0 Å². The molecule has 1 heterocycles. The molecule has 1 aromatic carbocycles. The van der Waals surface area contributed by atoms with Crippen LogP contribution in [-0.4, -0.2) is 43.1 Å². The maximum Gasteiger partial charge on any atom is 0.225 e. The molecule has 2 fully saturated rings. The molecule has 0 unspecified atom stereocenters. The van der Waals surface area contributed by atoms with Gasteiger partial charge in [-0.25, -0.2) is 0 Å². The van der Waals surface area contributed by atoms with Crippen LogP contribution in [0, 0.1) is 5.92 Å². The van der Waals surface area contributed by atoms with E-state index in [1.54, 1.807) is 0 Å². The molecule has 0 spiro atoms. The number of carbonyl (C=O) groups excluding carboxylic acids is 1. The third-order valence-corrected chi connectivity index (χ3v) is 4.61.